The maximum atomic E-state index is 12.2. The van der Waals surface area contributed by atoms with Gasteiger partial charge in [-0.3, -0.25) is 14.9 Å². The Labute approximate surface area is 133 Å². The average Bonchev–Trinajstić information content (AvgIpc) is 2.95. The van der Waals surface area contributed by atoms with E-state index in [1.54, 1.807) is 24.3 Å². The Morgan fingerprint density at radius 3 is 2.52 bits per heavy atom. The van der Waals surface area contributed by atoms with Gasteiger partial charge >= 0.3 is 0 Å². The normalized spacial score (nSPS) is 15.7. The first-order valence-corrected chi connectivity index (χ1v) is 7.70. The fourth-order valence-corrected chi connectivity index (χ4v) is 2.70. The van der Waals surface area contributed by atoms with E-state index < -0.39 is 4.92 Å². The largest absolute Gasteiger partial charge is 0.451 e. The second-order valence-electron chi connectivity index (χ2n) is 5.92. The molecule has 1 fully saturated rings. The number of hydrogen-bond acceptors (Lipinski definition) is 4. The molecule has 3 rings (SSSR count). The number of nitrogens with one attached hydrogen (secondary N) is 1. The number of amides is 1. The summed E-state index contributed by atoms with van der Waals surface area (Å²) in [7, 11) is 0. The highest BCUT2D eigenvalue weighted by atomic mass is 16.6. The molecule has 6 heteroatoms. The van der Waals surface area contributed by atoms with Crippen LogP contribution in [0.15, 0.2) is 40.8 Å². The molecular weight excluding hydrogens is 296 g/mol. The molecule has 23 heavy (non-hydrogen) atoms. The Morgan fingerprint density at radius 1 is 1.26 bits per heavy atom. The predicted molar refractivity (Wildman–Crippen MR) is 85.1 cm³/mol. The zero-order chi connectivity index (χ0) is 16.4. The molecule has 0 radical (unpaired) electrons. The molecule has 1 amide bonds. The standard InChI is InChI=1S/C17H18N2O4/c1-11(12-3-2-4-12)18-17(20)16-10-9-15(23-16)13-5-7-14(8-6-13)19(21)22/h5-12H,2-4H2,1H3,(H,18,20). The molecule has 1 aliphatic rings. The zero-order valence-electron chi connectivity index (χ0n) is 12.8. The Hall–Kier alpha value is -2.63. The number of nitrogens with zero attached hydrogens (tertiary/aromatic N) is 1. The number of carbonyl (C=O) groups excluding carboxylic acids is 1. The van der Waals surface area contributed by atoms with Gasteiger partial charge in [0.15, 0.2) is 5.76 Å². The number of hydrogen-bond donors (Lipinski definition) is 1. The van der Waals surface area contributed by atoms with Crippen molar-refractivity contribution in [3.8, 4) is 11.3 Å². The summed E-state index contributed by atoms with van der Waals surface area (Å²) in [5.74, 6) is 1.10. The van der Waals surface area contributed by atoms with Gasteiger partial charge in [-0.05, 0) is 49.9 Å². The van der Waals surface area contributed by atoms with Gasteiger partial charge in [0.25, 0.3) is 11.6 Å². The first-order chi connectivity index (χ1) is 11.0. The van der Waals surface area contributed by atoms with E-state index in [-0.39, 0.29) is 23.4 Å². The van der Waals surface area contributed by atoms with E-state index in [1.165, 1.54) is 18.6 Å². The summed E-state index contributed by atoms with van der Waals surface area (Å²) >= 11 is 0. The molecule has 2 aromatic rings. The van der Waals surface area contributed by atoms with Gasteiger partial charge in [0, 0.05) is 23.7 Å². The van der Waals surface area contributed by atoms with Crippen molar-refractivity contribution >= 4 is 11.6 Å². The van der Waals surface area contributed by atoms with Crippen LogP contribution in [0, 0.1) is 16.0 Å². The molecule has 0 saturated heterocycles. The number of rotatable bonds is 5. The van der Waals surface area contributed by atoms with E-state index in [9.17, 15) is 14.9 Å². The fourth-order valence-electron chi connectivity index (χ4n) is 2.70. The van der Waals surface area contributed by atoms with Crippen LogP contribution >= 0.6 is 0 Å². The zero-order valence-corrected chi connectivity index (χ0v) is 12.8. The minimum Gasteiger partial charge on any atom is -0.451 e. The van der Waals surface area contributed by atoms with Crippen molar-refractivity contribution in [1.29, 1.82) is 0 Å². The van der Waals surface area contributed by atoms with Crippen LogP contribution < -0.4 is 5.32 Å². The first kappa shape index (κ1) is 15.3. The lowest BCUT2D eigenvalue weighted by Crippen LogP contribution is -2.40. The van der Waals surface area contributed by atoms with E-state index in [2.05, 4.69) is 5.32 Å². The summed E-state index contributed by atoms with van der Waals surface area (Å²) in [4.78, 5) is 22.4. The van der Waals surface area contributed by atoms with E-state index in [0.29, 0.717) is 17.2 Å². The van der Waals surface area contributed by atoms with Gasteiger partial charge in [-0.15, -0.1) is 0 Å². The summed E-state index contributed by atoms with van der Waals surface area (Å²) in [6.45, 7) is 2.02. The van der Waals surface area contributed by atoms with E-state index >= 15 is 0 Å². The molecule has 1 aromatic heterocycles. The lowest BCUT2D eigenvalue weighted by atomic mass is 9.80. The third-order valence-electron chi connectivity index (χ3n) is 4.41. The van der Waals surface area contributed by atoms with Crippen LogP contribution in [0.4, 0.5) is 5.69 Å². The summed E-state index contributed by atoms with van der Waals surface area (Å²) in [5, 5.41) is 13.6. The molecule has 1 heterocycles. The molecule has 1 N–H and O–H groups in total. The van der Waals surface area contributed by atoms with Crippen LogP contribution in [-0.4, -0.2) is 16.9 Å². The van der Waals surface area contributed by atoms with E-state index in [1.807, 2.05) is 6.92 Å². The molecule has 1 aromatic carbocycles. The highest BCUT2D eigenvalue weighted by Gasteiger charge is 2.26. The van der Waals surface area contributed by atoms with Gasteiger partial charge in [-0.25, -0.2) is 0 Å². The van der Waals surface area contributed by atoms with Crippen molar-refractivity contribution < 1.29 is 14.1 Å². The Morgan fingerprint density at radius 2 is 1.96 bits per heavy atom. The number of nitro benzene ring substituents is 1. The van der Waals surface area contributed by atoms with Gasteiger partial charge in [-0.1, -0.05) is 6.42 Å². The van der Waals surface area contributed by atoms with Gasteiger partial charge in [0.2, 0.25) is 0 Å². The smallest absolute Gasteiger partial charge is 0.287 e. The molecule has 6 nitrogen and oxygen atoms in total. The van der Waals surface area contributed by atoms with Crippen LogP contribution in [0.2, 0.25) is 0 Å². The predicted octanol–water partition coefficient (Wildman–Crippen LogP) is 3.77. The minimum absolute atomic E-state index is 0.0209. The topological polar surface area (TPSA) is 85.4 Å². The monoisotopic (exact) mass is 314 g/mol. The maximum Gasteiger partial charge on any atom is 0.287 e. The van der Waals surface area contributed by atoms with Gasteiger partial charge in [0.1, 0.15) is 5.76 Å². The minimum atomic E-state index is -0.452. The lowest BCUT2D eigenvalue weighted by molar-refractivity contribution is -0.384. The number of non-ortho nitro benzene ring substituents is 1. The molecule has 1 atom stereocenters. The molecule has 1 aliphatic carbocycles. The molecule has 1 unspecified atom stereocenters. The fraction of sp³-hybridized carbons (Fsp3) is 0.353. The van der Waals surface area contributed by atoms with E-state index in [4.69, 9.17) is 4.42 Å². The molecule has 120 valence electrons. The number of benzene rings is 1. The molecule has 0 aliphatic heterocycles. The highest BCUT2D eigenvalue weighted by molar-refractivity contribution is 5.92. The quantitative estimate of drug-likeness (QED) is 0.672. The van der Waals surface area contributed by atoms with Crippen molar-refractivity contribution in [3.63, 3.8) is 0 Å². The SMILES string of the molecule is CC(NC(=O)c1ccc(-c2ccc([N+](=O)[O-])cc2)o1)C1CCC1. The van der Waals surface area contributed by atoms with Crippen molar-refractivity contribution in [3.05, 3.63) is 52.3 Å². The van der Waals surface area contributed by atoms with Crippen molar-refractivity contribution in [2.24, 2.45) is 5.92 Å². The summed E-state index contributed by atoms with van der Waals surface area (Å²) in [6.07, 6.45) is 3.55. The van der Waals surface area contributed by atoms with Gasteiger partial charge in [0.05, 0.1) is 4.92 Å². The molecule has 0 bridgehead atoms. The molecular formula is C17H18N2O4. The van der Waals surface area contributed by atoms with Crippen molar-refractivity contribution in [2.45, 2.75) is 32.2 Å². The number of carbonyl (C=O) groups is 1. The van der Waals surface area contributed by atoms with Gasteiger partial charge < -0.3 is 9.73 Å². The second kappa shape index (κ2) is 6.24. The lowest BCUT2D eigenvalue weighted by Gasteiger charge is -2.31. The Bertz CT molecular complexity index is 716. The highest BCUT2D eigenvalue weighted by Crippen LogP contribution is 2.30. The Kier molecular flexibility index (Phi) is 4.14. The van der Waals surface area contributed by atoms with Crippen LogP contribution in [0.5, 0.6) is 0 Å². The second-order valence-corrected chi connectivity index (χ2v) is 5.92. The summed E-state index contributed by atoms with van der Waals surface area (Å²) in [6, 6.07) is 9.51. The van der Waals surface area contributed by atoms with Crippen LogP contribution in [0.1, 0.15) is 36.7 Å². The van der Waals surface area contributed by atoms with Crippen LogP contribution in [0.25, 0.3) is 11.3 Å². The molecule has 1 saturated carbocycles. The van der Waals surface area contributed by atoms with Gasteiger partial charge in [-0.2, -0.15) is 0 Å². The van der Waals surface area contributed by atoms with Crippen molar-refractivity contribution in [2.75, 3.05) is 0 Å². The van der Waals surface area contributed by atoms with E-state index in [0.717, 1.165) is 12.8 Å². The number of nitro groups is 1. The van der Waals surface area contributed by atoms with Crippen LogP contribution in [-0.2, 0) is 0 Å². The third-order valence-corrected chi connectivity index (χ3v) is 4.41. The summed E-state index contributed by atoms with van der Waals surface area (Å²) in [5.41, 5.74) is 0.717. The van der Waals surface area contributed by atoms with Crippen molar-refractivity contribution in [1.82, 2.24) is 5.32 Å². The maximum absolute atomic E-state index is 12.2. The van der Waals surface area contributed by atoms with Crippen LogP contribution in [0.3, 0.4) is 0 Å². The average molecular weight is 314 g/mol. The molecule has 0 spiro atoms. The Balaban J connectivity index is 1.69. The third kappa shape index (κ3) is 3.26. The first-order valence-electron chi connectivity index (χ1n) is 7.70. The number of furan rings is 1. The summed E-state index contributed by atoms with van der Waals surface area (Å²) < 4.78 is 5.58.